The Morgan fingerprint density at radius 3 is 2.20 bits per heavy atom. The van der Waals surface area contributed by atoms with Crippen LogP contribution in [0.25, 0.3) is 0 Å². The van der Waals surface area contributed by atoms with Crippen LogP contribution in [0.15, 0.2) is 72.8 Å². The van der Waals surface area contributed by atoms with Crippen LogP contribution in [0.3, 0.4) is 0 Å². The summed E-state index contributed by atoms with van der Waals surface area (Å²) in [4.78, 5) is 42.9. The number of nitrogens with one attached hydrogen (secondary N) is 3. The number of ether oxygens (including phenoxy) is 1. The first kappa shape index (κ1) is 33.6. The number of hydrogen-bond donors (Lipinski definition) is 3. The monoisotopic (exact) mass is 617 g/mol. The number of amides is 4. The molecule has 0 radical (unpaired) electrons. The lowest BCUT2D eigenvalue weighted by Crippen LogP contribution is -2.42. The van der Waals surface area contributed by atoms with E-state index in [1.54, 1.807) is 59.5 Å². The molecule has 1 saturated heterocycles. The fraction of sp³-hybridized carbons (Fsp3) is 0.400. The summed E-state index contributed by atoms with van der Waals surface area (Å²) in [6.45, 7) is 10.9. The maximum Gasteiger partial charge on any atom is 0.317 e. The third kappa shape index (κ3) is 11.0. The van der Waals surface area contributed by atoms with Crippen LogP contribution in [0.5, 0.6) is 0 Å². The minimum Gasteiger partial charge on any atom is -0.379 e. The molecule has 0 spiro atoms. The van der Waals surface area contributed by atoms with Crippen LogP contribution in [-0.4, -0.2) is 67.0 Å². The maximum absolute atomic E-state index is 14.1. The molecule has 0 aliphatic carbocycles. The van der Waals surface area contributed by atoms with Crippen molar-refractivity contribution in [3.05, 3.63) is 95.3 Å². The topological polar surface area (TPSA) is 103 Å². The Bertz CT molecular complexity index is 1430. The first-order chi connectivity index (χ1) is 21.6. The summed E-state index contributed by atoms with van der Waals surface area (Å²) in [5, 5.41) is 8.65. The van der Waals surface area contributed by atoms with Gasteiger partial charge in [0, 0.05) is 56.8 Å². The van der Waals surface area contributed by atoms with Crippen LogP contribution in [0.1, 0.15) is 55.1 Å². The molecule has 3 N–H and O–H groups in total. The Kier molecular flexibility index (Phi) is 12.1. The zero-order valence-electron chi connectivity index (χ0n) is 26.4. The lowest BCUT2D eigenvalue weighted by Gasteiger charge is -2.28. The van der Waals surface area contributed by atoms with Crippen molar-refractivity contribution in [1.29, 1.82) is 0 Å². The van der Waals surface area contributed by atoms with Crippen molar-refractivity contribution in [2.45, 2.75) is 46.7 Å². The Balaban J connectivity index is 1.38. The highest BCUT2D eigenvalue weighted by atomic mass is 19.1. The van der Waals surface area contributed by atoms with Gasteiger partial charge in [-0.1, -0.05) is 63.2 Å². The molecule has 4 rings (SSSR count). The second-order valence-corrected chi connectivity index (χ2v) is 12.5. The summed E-state index contributed by atoms with van der Waals surface area (Å²) in [6, 6.07) is 20.3. The number of rotatable bonds is 12. The SMILES string of the molecule is CC(C)(C)CC(=O)Nc1ccccc1NC(=O)c1ccc(CN(CCCN2CCOCC2)C(=O)NCc2ccccc2F)cc1. The van der Waals surface area contributed by atoms with Gasteiger partial charge in [0.25, 0.3) is 5.91 Å². The molecule has 0 aromatic heterocycles. The molecule has 10 heteroatoms. The highest BCUT2D eigenvalue weighted by Crippen LogP contribution is 2.25. The fourth-order valence-electron chi connectivity index (χ4n) is 5.04. The number of benzene rings is 3. The molecule has 0 unspecified atom stereocenters. The van der Waals surface area contributed by atoms with Gasteiger partial charge in [-0.25, -0.2) is 9.18 Å². The number of carbonyl (C=O) groups is 3. The summed E-state index contributed by atoms with van der Waals surface area (Å²) in [5.41, 5.74) is 2.59. The van der Waals surface area contributed by atoms with Crippen LogP contribution in [0, 0.1) is 11.2 Å². The van der Waals surface area contributed by atoms with Gasteiger partial charge < -0.3 is 25.6 Å². The summed E-state index contributed by atoms with van der Waals surface area (Å²) < 4.78 is 19.6. The van der Waals surface area contributed by atoms with Crippen molar-refractivity contribution in [3.63, 3.8) is 0 Å². The molecule has 9 nitrogen and oxygen atoms in total. The largest absolute Gasteiger partial charge is 0.379 e. The van der Waals surface area contributed by atoms with E-state index in [0.29, 0.717) is 55.2 Å². The molecule has 1 fully saturated rings. The summed E-state index contributed by atoms with van der Waals surface area (Å²) in [6.07, 6.45) is 1.13. The third-order valence-electron chi connectivity index (χ3n) is 7.41. The van der Waals surface area contributed by atoms with Gasteiger partial charge in [0.2, 0.25) is 5.91 Å². The summed E-state index contributed by atoms with van der Waals surface area (Å²) >= 11 is 0. The molecular formula is C35H44FN5O4. The number of anilines is 2. The number of urea groups is 1. The third-order valence-corrected chi connectivity index (χ3v) is 7.41. The zero-order chi connectivity index (χ0) is 32.2. The number of para-hydroxylation sites is 2. The second-order valence-electron chi connectivity index (χ2n) is 12.5. The first-order valence-corrected chi connectivity index (χ1v) is 15.4. The van der Waals surface area contributed by atoms with Crippen LogP contribution in [0.2, 0.25) is 0 Å². The minimum absolute atomic E-state index is 0.0860. The second kappa shape index (κ2) is 16.2. The van der Waals surface area contributed by atoms with Crippen molar-refractivity contribution in [3.8, 4) is 0 Å². The van der Waals surface area contributed by atoms with Crippen molar-refractivity contribution >= 4 is 29.2 Å². The predicted molar refractivity (Wildman–Crippen MR) is 174 cm³/mol. The summed E-state index contributed by atoms with van der Waals surface area (Å²) in [7, 11) is 0. The van der Waals surface area contributed by atoms with Gasteiger partial charge in [-0.2, -0.15) is 0 Å². The average Bonchev–Trinajstić information content (AvgIpc) is 3.01. The van der Waals surface area contributed by atoms with Gasteiger partial charge in [-0.15, -0.1) is 0 Å². The molecule has 0 saturated carbocycles. The number of nitrogens with zero attached hydrogens (tertiary/aromatic N) is 2. The molecule has 3 aromatic rings. The van der Waals surface area contributed by atoms with E-state index in [0.717, 1.165) is 31.6 Å². The highest BCUT2D eigenvalue weighted by Gasteiger charge is 2.19. The van der Waals surface area contributed by atoms with E-state index < -0.39 is 0 Å². The van der Waals surface area contributed by atoms with E-state index >= 15 is 0 Å². The fourth-order valence-corrected chi connectivity index (χ4v) is 5.04. The lowest BCUT2D eigenvalue weighted by molar-refractivity contribution is -0.117. The van der Waals surface area contributed by atoms with Gasteiger partial charge in [0.1, 0.15) is 5.82 Å². The Morgan fingerprint density at radius 2 is 1.53 bits per heavy atom. The summed E-state index contributed by atoms with van der Waals surface area (Å²) in [5.74, 6) is -0.800. The van der Waals surface area contributed by atoms with Crippen molar-refractivity contribution in [1.82, 2.24) is 15.1 Å². The molecule has 0 bridgehead atoms. The lowest BCUT2D eigenvalue weighted by atomic mass is 9.92. The van der Waals surface area contributed by atoms with Crippen molar-refractivity contribution in [2.24, 2.45) is 5.41 Å². The molecule has 0 atom stereocenters. The van der Waals surface area contributed by atoms with Gasteiger partial charge >= 0.3 is 6.03 Å². The average molecular weight is 618 g/mol. The van der Waals surface area contributed by atoms with Gasteiger partial charge in [0.05, 0.1) is 24.6 Å². The number of carbonyl (C=O) groups excluding carboxylic acids is 3. The minimum atomic E-state index is -0.361. The molecule has 45 heavy (non-hydrogen) atoms. The predicted octanol–water partition coefficient (Wildman–Crippen LogP) is 5.89. The molecule has 1 aliphatic heterocycles. The quantitative estimate of drug-likeness (QED) is 0.235. The van der Waals surface area contributed by atoms with Crippen molar-refractivity contribution < 1.29 is 23.5 Å². The maximum atomic E-state index is 14.1. The molecule has 1 heterocycles. The van der Waals surface area contributed by atoms with Crippen LogP contribution < -0.4 is 16.0 Å². The first-order valence-electron chi connectivity index (χ1n) is 15.4. The normalized spacial score (nSPS) is 13.6. The Hall–Kier alpha value is -4.28. The number of hydrogen-bond acceptors (Lipinski definition) is 5. The Labute approximate surface area is 265 Å². The van der Waals surface area contributed by atoms with Gasteiger partial charge in [-0.05, 0) is 47.7 Å². The van der Waals surface area contributed by atoms with E-state index in [-0.39, 0.29) is 35.6 Å². The smallest absolute Gasteiger partial charge is 0.317 e. The van der Waals surface area contributed by atoms with Crippen LogP contribution >= 0.6 is 0 Å². The van der Waals surface area contributed by atoms with Gasteiger partial charge in [-0.3, -0.25) is 14.5 Å². The highest BCUT2D eigenvalue weighted by molar-refractivity contribution is 6.07. The van der Waals surface area contributed by atoms with Crippen LogP contribution in [0.4, 0.5) is 20.6 Å². The number of morpholine rings is 1. The molecular weight excluding hydrogens is 573 g/mol. The van der Waals surface area contributed by atoms with Crippen molar-refractivity contribution in [2.75, 3.05) is 50.0 Å². The van der Waals surface area contributed by atoms with E-state index in [2.05, 4.69) is 20.9 Å². The van der Waals surface area contributed by atoms with E-state index in [1.165, 1.54) is 6.07 Å². The van der Waals surface area contributed by atoms with Gasteiger partial charge in [0.15, 0.2) is 0 Å². The molecule has 240 valence electrons. The standard InChI is InChI=1S/C35H44FN5O4/c1-35(2,3)23-32(42)38-30-11-6-7-12-31(30)39-33(43)27-15-13-26(14-16-27)25-41(18-8-17-40-19-21-45-22-20-40)34(44)37-24-28-9-4-5-10-29(28)36/h4-7,9-16H,8,17-25H2,1-3H3,(H,37,44)(H,38,42)(H,39,43). The van der Waals surface area contributed by atoms with E-state index in [9.17, 15) is 18.8 Å². The van der Waals surface area contributed by atoms with E-state index in [4.69, 9.17) is 4.74 Å². The molecule has 4 amide bonds. The van der Waals surface area contributed by atoms with Crippen LogP contribution in [-0.2, 0) is 22.6 Å². The molecule has 3 aromatic carbocycles. The molecule has 1 aliphatic rings. The van der Waals surface area contributed by atoms with E-state index in [1.807, 2.05) is 32.9 Å². The Morgan fingerprint density at radius 1 is 0.889 bits per heavy atom. The number of halogens is 1. The zero-order valence-corrected chi connectivity index (χ0v) is 26.4.